The molecular formula is C22H18N4O3S. The third-order valence-corrected chi connectivity index (χ3v) is 6.27. The third kappa shape index (κ3) is 3.00. The SMILES string of the molecule is CC(Sc1nnc2ccc3ccccc3n12)C(=O)c1ccc2c(c1)N(C)C(=O)CO2. The van der Waals surface area contributed by atoms with Gasteiger partial charge in [-0.2, -0.15) is 0 Å². The Balaban J connectivity index is 1.46. The van der Waals surface area contributed by atoms with Crippen LogP contribution in [0.3, 0.4) is 0 Å². The van der Waals surface area contributed by atoms with Gasteiger partial charge in [0.15, 0.2) is 23.2 Å². The Labute approximate surface area is 176 Å². The molecule has 0 N–H and O–H groups in total. The quantitative estimate of drug-likeness (QED) is 0.372. The topological polar surface area (TPSA) is 76.8 Å². The number of rotatable bonds is 4. The number of benzene rings is 2. The molecule has 7 nitrogen and oxygen atoms in total. The highest BCUT2D eigenvalue weighted by Crippen LogP contribution is 2.34. The van der Waals surface area contributed by atoms with Crippen LogP contribution in [0.5, 0.6) is 5.75 Å². The highest BCUT2D eigenvalue weighted by atomic mass is 32.2. The smallest absolute Gasteiger partial charge is 0.264 e. The van der Waals surface area contributed by atoms with E-state index in [9.17, 15) is 9.59 Å². The molecule has 8 heteroatoms. The predicted octanol–water partition coefficient (Wildman–Crippen LogP) is 3.60. The minimum atomic E-state index is -0.389. The van der Waals surface area contributed by atoms with Gasteiger partial charge < -0.3 is 9.64 Å². The first kappa shape index (κ1) is 18.6. The van der Waals surface area contributed by atoms with Gasteiger partial charge in [-0.3, -0.25) is 14.0 Å². The molecule has 1 amide bonds. The van der Waals surface area contributed by atoms with E-state index in [1.54, 1.807) is 25.2 Å². The zero-order valence-electron chi connectivity index (χ0n) is 16.4. The average molecular weight is 418 g/mol. The molecule has 150 valence electrons. The highest BCUT2D eigenvalue weighted by Gasteiger charge is 2.25. The van der Waals surface area contributed by atoms with E-state index in [4.69, 9.17) is 4.74 Å². The molecule has 5 rings (SSSR count). The normalized spacial score (nSPS) is 14.6. The van der Waals surface area contributed by atoms with E-state index in [-0.39, 0.29) is 23.5 Å². The van der Waals surface area contributed by atoms with Crippen LogP contribution in [0.4, 0.5) is 5.69 Å². The lowest BCUT2D eigenvalue weighted by Crippen LogP contribution is -2.35. The maximum absolute atomic E-state index is 13.1. The van der Waals surface area contributed by atoms with Crippen molar-refractivity contribution >= 4 is 45.7 Å². The van der Waals surface area contributed by atoms with Gasteiger partial charge in [-0.25, -0.2) is 0 Å². The van der Waals surface area contributed by atoms with Gasteiger partial charge in [0, 0.05) is 12.6 Å². The standard InChI is InChI=1S/C22H18N4O3S/c1-13(21(28)15-7-9-18-17(11-15)25(2)20(27)12-29-18)30-22-24-23-19-10-8-14-5-3-4-6-16(14)26(19)22/h3-11,13H,12H2,1-2H3. The average Bonchev–Trinajstić information content (AvgIpc) is 3.19. The summed E-state index contributed by atoms with van der Waals surface area (Å²) in [5.41, 5.74) is 2.86. The molecule has 1 unspecified atom stereocenters. The predicted molar refractivity (Wildman–Crippen MR) is 115 cm³/mol. The number of ether oxygens (including phenoxy) is 1. The summed E-state index contributed by atoms with van der Waals surface area (Å²) in [5, 5.41) is 9.91. The van der Waals surface area contributed by atoms with Crippen LogP contribution in [0.25, 0.3) is 16.6 Å². The van der Waals surface area contributed by atoms with Crippen LogP contribution < -0.4 is 9.64 Å². The van der Waals surface area contributed by atoms with Gasteiger partial charge in [-0.1, -0.05) is 30.0 Å². The number of likely N-dealkylation sites (N-methyl/N-ethyl adjacent to an activating group) is 1. The van der Waals surface area contributed by atoms with Crippen molar-refractivity contribution in [3.8, 4) is 5.75 Å². The van der Waals surface area contributed by atoms with Crippen molar-refractivity contribution in [2.75, 3.05) is 18.6 Å². The second-order valence-corrected chi connectivity index (χ2v) is 8.42. The Morgan fingerprint density at radius 2 is 1.97 bits per heavy atom. The molecule has 4 aromatic rings. The lowest BCUT2D eigenvalue weighted by atomic mass is 10.1. The van der Waals surface area contributed by atoms with Crippen molar-refractivity contribution in [2.45, 2.75) is 17.3 Å². The van der Waals surface area contributed by atoms with Crippen molar-refractivity contribution in [1.29, 1.82) is 0 Å². The number of nitrogens with zero attached hydrogens (tertiary/aromatic N) is 4. The molecule has 0 aliphatic carbocycles. The molecule has 0 saturated carbocycles. The summed E-state index contributed by atoms with van der Waals surface area (Å²) in [6.07, 6.45) is 0. The number of carbonyl (C=O) groups is 2. The second kappa shape index (κ2) is 7.14. The van der Waals surface area contributed by atoms with Gasteiger partial charge in [0.25, 0.3) is 5.91 Å². The molecule has 0 spiro atoms. The number of para-hydroxylation sites is 1. The lowest BCUT2D eigenvalue weighted by molar-refractivity contribution is -0.120. The lowest BCUT2D eigenvalue weighted by Gasteiger charge is -2.26. The number of hydrogen-bond donors (Lipinski definition) is 0. The number of ketones is 1. The molecule has 3 heterocycles. The van der Waals surface area contributed by atoms with Crippen molar-refractivity contribution in [3.63, 3.8) is 0 Å². The number of anilines is 1. The molecule has 1 aliphatic rings. The minimum absolute atomic E-state index is 0.0109. The zero-order valence-corrected chi connectivity index (χ0v) is 17.2. The fourth-order valence-corrected chi connectivity index (χ4v) is 4.50. The van der Waals surface area contributed by atoms with Crippen LogP contribution in [0, 0.1) is 0 Å². The summed E-state index contributed by atoms with van der Waals surface area (Å²) in [6, 6.07) is 17.1. The summed E-state index contributed by atoms with van der Waals surface area (Å²) in [5.74, 6) is 0.409. The number of carbonyl (C=O) groups excluding carboxylic acids is 2. The first-order chi connectivity index (χ1) is 14.5. The van der Waals surface area contributed by atoms with Crippen LogP contribution in [-0.4, -0.2) is 45.2 Å². The Bertz CT molecular complexity index is 1320. The van der Waals surface area contributed by atoms with E-state index in [0.717, 1.165) is 16.6 Å². The molecule has 1 atom stereocenters. The number of amides is 1. The number of Topliss-reactive ketones (excluding diaryl/α,β-unsaturated/α-hetero) is 1. The van der Waals surface area contributed by atoms with Gasteiger partial charge in [-0.05, 0) is 48.7 Å². The Kier molecular flexibility index (Phi) is 4.43. The van der Waals surface area contributed by atoms with E-state index >= 15 is 0 Å². The van der Waals surface area contributed by atoms with Crippen LogP contribution in [-0.2, 0) is 4.79 Å². The van der Waals surface area contributed by atoms with Gasteiger partial charge >= 0.3 is 0 Å². The van der Waals surface area contributed by atoms with Crippen molar-refractivity contribution in [1.82, 2.24) is 14.6 Å². The largest absolute Gasteiger partial charge is 0.482 e. The number of thioether (sulfide) groups is 1. The second-order valence-electron chi connectivity index (χ2n) is 7.12. The Morgan fingerprint density at radius 3 is 2.83 bits per heavy atom. The number of pyridine rings is 1. The van der Waals surface area contributed by atoms with Crippen molar-refractivity contribution in [2.24, 2.45) is 0 Å². The maximum atomic E-state index is 13.1. The molecule has 0 radical (unpaired) electrons. The summed E-state index contributed by atoms with van der Waals surface area (Å²) in [7, 11) is 1.68. The molecule has 1 aliphatic heterocycles. The van der Waals surface area contributed by atoms with Crippen LogP contribution in [0.15, 0.2) is 59.8 Å². The Morgan fingerprint density at radius 1 is 1.13 bits per heavy atom. The number of hydrogen-bond acceptors (Lipinski definition) is 6. The van der Waals surface area contributed by atoms with E-state index < -0.39 is 0 Å². The van der Waals surface area contributed by atoms with E-state index in [1.807, 2.05) is 47.7 Å². The number of aromatic nitrogens is 3. The third-order valence-electron chi connectivity index (χ3n) is 5.23. The van der Waals surface area contributed by atoms with Gasteiger partial charge in [0.05, 0.1) is 16.5 Å². The molecular weight excluding hydrogens is 400 g/mol. The van der Waals surface area contributed by atoms with Crippen LogP contribution >= 0.6 is 11.8 Å². The van der Waals surface area contributed by atoms with E-state index in [0.29, 0.717) is 22.2 Å². The maximum Gasteiger partial charge on any atom is 0.264 e. The first-order valence-corrected chi connectivity index (χ1v) is 10.4. The highest BCUT2D eigenvalue weighted by molar-refractivity contribution is 8.00. The summed E-state index contributed by atoms with van der Waals surface area (Å²) in [4.78, 5) is 26.6. The number of fused-ring (bicyclic) bond motifs is 4. The van der Waals surface area contributed by atoms with Crippen molar-refractivity contribution < 1.29 is 14.3 Å². The fraction of sp³-hybridized carbons (Fsp3) is 0.182. The van der Waals surface area contributed by atoms with Crippen LogP contribution in [0.1, 0.15) is 17.3 Å². The molecule has 30 heavy (non-hydrogen) atoms. The van der Waals surface area contributed by atoms with Crippen molar-refractivity contribution in [3.05, 3.63) is 60.2 Å². The van der Waals surface area contributed by atoms with Gasteiger partial charge in [0.2, 0.25) is 0 Å². The molecule has 2 aromatic carbocycles. The summed E-state index contributed by atoms with van der Waals surface area (Å²) >= 11 is 1.36. The zero-order chi connectivity index (χ0) is 20.8. The Hall–Kier alpha value is -3.39. The molecule has 0 fully saturated rings. The summed E-state index contributed by atoms with van der Waals surface area (Å²) in [6.45, 7) is 1.86. The van der Waals surface area contributed by atoms with Crippen LogP contribution in [0.2, 0.25) is 0 Å². The molecule has 0 saturated heterocycles. The molecule has 0 bridgehead atoms. The molecule has 2 aromatic heterocycles. The minimum Gasteiger partial charge on any atom is -0.482 e. The monoisotopic (exact) mass is 418 g/mol. The first-order valence-electron chi connectivity index (χ1n) is 9.50. The van der Waals surface area contributed by atoms with Gasteiger partial charge in [-0.15, -0.1) is 10.2 Å². The van der Waals surface area contributed by atoms with E-state index in [2.05, 4.69) is 10.2 Å². The van der Waals surface area contributed by atoms with E-state index in [1.165, 1.54) is 16.7 Å². The van der Waals surface area contributed by atoms with Gasteiger partial charge in [0.1, 0.15) is 5.75 Å². The summed E-state index contributed by atoms with van der Waals surface area (Å²) < 4.78 is 7.42. The fourth-order valence-electron chi connectivity index (χ4n) is 3.56.